The molecule has 0 aromatic heterocycles. The number of nitrogens with one attached hydrogen (secondary N) is 1. The smallest absolute Gasteiger partial charge is 0.120 e. The summed E-state index contributed by atoms with van der Waals surface area (Å²) >= 11 is 0. The number of aromatic hydroxyl groups is 1. The van der Waals surface area contributed by atoms with Gasteiger partial charge in [-0.3, -0.25) is 0 Å². The van der Waals surface area contributed by atoms with Crippen molar-refractivity contribution in [1.29, 1.82) is 0 Å². The molecule has 5 heteroatoms. The van der Waals surface area contributed by atoms with Crippen LogP contribution < -0.4 is 11.1 Å². The zero-order valence-electron chi connectivity index (χ0n) is 12.3. The van der Waals surface area contributed by atoms with Crippen LogP contribution in [-0.2, 0) is 6.54 Å². The maximum absolute atomic E-state index is 9.48. The van der Waals surface area contributed by atoms with E-state index in [4.69, 9.17) is 12.6 Å². The highest BCUT2D eigenvalue weighted by atomic mass is 35.5. The van der Waals surface area contributed by atoms with E-state index in [1.807, 2.05) is 0 Å². The maximum Gasteiger partial charge on any atom is 0.120 e. The van der Waals surface area contributed by atoms with Gasteiger partial charge in [-0.1, -0.05) is 6.85 Å². The van der Waals surface area contributed by atoms with Crippen LogP contribution in [0.25, 0.3) is 0 Å². The van der Waals surface area contributed by atoms with Gasteiger partial charge in [-0.2, -0.15) is 0 Å². The van der Waals surface area contributed by atoms with Gasteiger partial charge in [0.05, 0.1) is 0 Å². The Bertz CT molecular complexity index is 414. The molecule has 0 saturated heterocycles. The van der Waals surface area contributed by atoms with Gasteiger partial charge in [0.15, 0.2) is 0 Å². The largest absolute Gasteiger partial charge is 0.508 e. The third kappa shape index (κ3) is 4.56. The van der Waals surface area contributed by atoms with Gasteiger partial charge in [0.2, 0.25) is 0 Å². The molecule has 0 atom stereocenters. The number of rotatable bonds is 3. The van der Waals surface area contributed by atoms with Crippen LogP contribution >= 0.6 is 24.8 Å². The van der Waals surface area contributed by atoms with E-state index >= 15 is 0 Å². The first-order valence-corrected chi connectivity index (χ1v) is 3.46. The molecular weight excluding hydrogens is 223 g/mol. The first-order valence-electron chi connectivity index (χ1n) is 5.96. The quantitative estimate of drug-likeness (QED) is 0.562. The van der Waals surface area contributed by atoms with Crippen molar-refractivity contribution in [2.24, 2.45) is 0 Å². The first-order chi connectivity index (χ1) is 7.63. The predicted octanol–water partition coefficient (Wildman–Crippen LogP) is 1.93. The summed E-state index contributed by atoms with van der Waals surface area (Å²) in [5.41, 5.74) is 6.27. The first kappa shape index (κ1) is 7.63. The van der Waals surface area contributed by atoms with Gasteiger partial charge in [0.25, 0.3) is 0 Å². The molecule has 0 radical (unpaired) electrons. The van der Waals surface area contributed by atoms with Gasteiger partial charge in [0, 0.05) is 24.6 Å². The Kier molecular flexibility index (Phi) is 4.21. The zero-order chi connectivity index (χ0) is 13.3. The van der Waals surface area contributed by atoms with Crippen molar-refractivity contribution in [3.8, 4) is 5.75 Å². The van der Waals surface area contributed by atoms with E-state index in [0.717, 1.165) is 0 Å². The highest BCUT2D eigenvalue weighted by molar-refractivity contribution is 5.85. The standard InChI is InChI=1S/C9H14N2O.2ClH/c1-2-11-6-7-5-8(10)3-4-9(7)12;;/h3-5,11-12H,2,6,10H2,1H3;2*1H/i1D3,2D2;;. The third-order valence-electron chi connectivity index (χ3n) is 1.47. The fourth-order valence-corrected chi connectivity index (χ4v) is 0.886. The maximum atomic E-state index is 9.48. The molecular formula is C9H16Cl2N2O. The van der Waals surface area contributed by atoms with Gasteiger partial charge in [-0.25, -0.2) is 0 Å². The molecule has 0 amide bonds. The van der Waals surface area contributed by atoms with Crippen LogP contribution in [0.5, 0.6) is 5.75 Å². The molecule has 0 saturated carbocycles. The Labute approximate surface area is 104 Å². The Morgan fingerprint density at radius 1 is 1.57 bits per heavy atom. The van der Waals surface area contributed by atoms with Crippen molar-refractivity contribution in [2.75, 3.05) is 12.2 Å². The summed E-state index contributed by atoms with van der Waals surface area (Å²) in [6, 6.07) is 4.33. The number of hydrogen-bond acceptors (Lipinski definition) is 3. The van der Waals surface area contributed by atoms with Crippen LogP contribution in [0.15, 0.2) is 18.2 Å². The van der Waals surface area contributed by atoms with E-state index in [0.29, 0.717) is 11.3 Å². The van der Waals surface area contributed by atoms with Crippen molar-refractivity contribution in [3.05, 3.63) is 23.8 Å². The Balaban J connectivity index is 0. The molecule has 3 nitrogen and oxygen atoms in total. The molecule has 14 heavy (non-hydrogen) atoms. The van der Waals surface area contributed by atoms with E-state index < -0.39 is 13.3 Å². The second kappa shape index (κ2) is 7.74. The van der Waals surface area contributed by atoms with Crippen LogP contribution in [0.1, 0.15) is 19.3 Å². The van der Waals surface area contributed by atoms with Crippen LogP contribution in [-0.4, -0.2) is 11.6 Å². The number of anilines is 1. The van der Waals surface area contributed by atoms with Crippen LogP contribution in [0, 0.1) is 0 Å². The molecule has 1 rings (SSSR count). The second-order valence-electron chi connectivity index (χ2n) is 2.37. The van der Waals surface area contributed by atoms with E-state index in [-0.39, 0.29) is 37.1 Å². The van der Waals surface area contributed by atoms with Crippen molar-refractivity contribution in [1.82, 2.24) is 5.32 Å². The summed E-state index contributed by atoms with van der Waals surface area (Å²) in [5, 5.41) is 11.7. The summed E-state index contributed by atoms with van der Waals surface area (Å²) in [6.07, 6.45) is 0. The predicted molar refractivity (Wildman–Crippen MR) is 64.4 cm³/mol. The fourth-order valence-electron chi connectivity index (χ4n) is 0.886. The topological polar surface area (TPSA) is 58.3 Å². The van der Waals surface area contributed by atoms with E-state index in [2.05, 4.69) is 5.32 Å². The van der Waals surface area contributed by atoms with Gasteiger partial charge in [-0.15, -0.1) is 24.8 Å². The molecule has 0 bridgehead atoms. The van der Waals surface area contributed by atoms with Crippen LogP contribution in [0.3, 0.4) is 0 Å². The number of phenols is 1. The minimum absolute atomic E-state index is 0. The van der Waals surface area contributed by atoms with Crippen molar-refractivity contribution < 1.29 is 12.0 Å². The summed E-state index contributed by atoms with van der Waals surface area (Å²) < 4.78 is 35.7. The number of hydrogen-bond donors (Lipinski definition) is 3. The number of nitrogen functional groups attached to an aromatic ring is 1. The van der Waals surface area contributed by atoms with Gasteiger partial charge in [0.1, 0.15) is 5.75 Å². The Morgan fingerprint density at radius 3 is 2.93 bits per heavy atom. The molecule has 0 aliphatic rings. The summed E-state index contributed by atoms with van der Waals surface area (Å²) in [5.74, 6) is -0.0620. The minimum Gasteiger partial charge on any atom is -0.508 e. The lowest BCUT2D eigenvalue weighted by molar-refractivity contribution is 0.465. The molecule has 0 unspecified atom stereocenters. The highest BCUT2D eigenvalue weighted by Crippen LogP contribution is 2.18. The number of phenolic OH excluding ortho intramolecular Hbond substituents is 1. The van der Waals surface area contributed by atoms with E-state index in [9.17, 15) is 5.11 Å². The number of nitrogens with two attached hydrogens (primary N) is 1. The number of halogens is 2. The van der Waals surface area contributed by atoms with Crippen LogP contribution in [0.4, 0.5) is 5.69 Å². The lowest BCUT2D eigenvalue weighted by Crippen LogP contribution is -2.11. The SMILES string of the molecule is Cl.Cl.[2H]C([2H])([2H])C([2H])([2H])NCc1cc(N)ccc1O. The average Bonchev–Trinajstić information content (AvgIpc) is 2.18. The molecule has 0 fully saturated rings. The summed E-state index contributed by atoms with van der Waals surface area (Å²) in [7, 11) is 0. The molecule has 1 aromatic rings. The summed E-state index contributed by atoms with van der Waals surface area (Å²) in [6.45, 7) is -5.42. The minimum atomic E-state index is -2.77. The Hall–Kier alpha value is -0.640. The lowest BCUT2D eigenvalue weighted by atomic mass is 10.2. The Morgan fingerprint density at radius 2 is 2.29 bits per heavy atom. The van der Waals surface area contributed by atoms with Gasteiger partial charge in [-0.05, 0) is 24.7 Å². The fraction of sp³-hybridized carbons (Fsp3) is 0.333. The number of benzene rings is 1. The van der Waals surface area contributed by atoms with E-state index in [1.54, 1.807) is 0 Å². The highest BCUT2D eigenvalue weighted by Gasteiger charge is 1.99. The molecule has 0 heterocycles. The zero-order valence-corrected chi connectivity index (χ0v) is 8.91. The van der Waals surface area contributed by atoms with Gasteiger partial charge >= 0.3 is 0 Å². The molecule has 0 aliphatic heterocycles. The lowest BCUT2D eigenvalue weighted by Gasteiger charge is -2.05. The van der Waals surface area contributed by atoms with Crippen molar-refractivity contribution in [3.63, 3.8) is 0 Å². The average molecular weight is 244 g/mol. The van der Waals surface area contributed by atoms with Crippen LogP contribution in [0.2, 0.25) is 0 Å². The molecule has 0 spiro atoms. The van der Waals surface area contributed by atoms with Crippen molar-refractivity contribution >= 4 is 30.5 Å². The molecule has 82 valence electrons. The van der Waals surface area contributed by atoms with E-state index in [1.165, 1.54) is 18.2 Å². The summed E-state index contributed by atoms with van der Waals surface area (Å²) in [4.78, 5) is 0. The second-order valence-corrected chi connectivity index (χ2v) is 2.37. The molecule has 1 aromatic carbocycles. The molecule has 0 aliphatic carbocycles. The molecule has 4 N–H and O–H groups in total. The van der Waals surface area contributed by atoms with Gasteiger partial charge < -0.3 is 16.2 Å². The normalized spacial score (nSPS) is 15.9. The monoisotopic (exact) mass is 243 g/mol. The third-order valence-corrected chi connectivity index (χ3v) is 1.47. The van der Waals surface area contributed by atoms with Crippen molar-refractivity contribution in [2.45, 2.75) is 13.4 Å².